The zero-order chi connectivity index (χ0) is 15.8. The van der Waals surface area contributed by atoms with Crippen LogP contribution in [0.25, 0.3) is 0 Å². The van der Waals surface area contributed by atoms with Crippen molar-refractivity contribution in [3.05, 3.63) is 0 Å². The fourth-order valence-corrected chi connectivity index (χ4v) is 3.57. The lowest BCUT2D eigenvalue weighted by molar-refractivity contribution is -0.187. The van der Waals surface area contributed by atoms with E-state index < -0.39 is 30.4 Å². The zero-order valence-electron chi connectivity index (χ0n) is 12.1. The molecular weight excluding hydrogens is 287 g/mol. The van der Waals surface area contributed by atoms with Crippen molar-refractivity contribution in [1.29, 1.82) is 0 Å². The molecule has 4 nitrogen and oxygen atoms in total. The Bertz CT molecular complexity index is 353. The minimum Gasteiger partial charge on any atom is -0.389 e. The van der Waals surface area contributed by atoms with Gasteiger partial charge in [0.05, 0.1) is 18.1 Å². The minimum atomic E-state index is -4.14. The number of hydrogen-bond acceptors (Lipinski definition) is 4. The van der Waals surface area contributed by atoms with Crippen molar-refractivity contribution in [1.82, 2.24) is 4.90 Å². The summed E-state index contributed by atoms with van der Waals surface area (Å²) in [6.07, 6.45) is -5.85. The Kier molecular flexibility index (Phi) is 5.18. The molecule has 3 N–H and O–H groups in total. The van der Waals surface area contributed by atoms with Gasteiger partial charge in [0, 0.05) is 19.1 Å². The molecule has 0 radical (unpaired) electrons. The standard InChI is InChI=1S/C14H24F3NO3/c1-8-12(20)13(21)11(19)7-18(8)6-9-3-2-4-10(5-9)14(15,16)17/h8-13,19-21H,2-7H2,1H3/t8-,9+,10-,11+,12-,13-/m1/s1. The van der Waals surface area contributed by atoms with E-state index in [1.54, 1.807) is 11.8 Å². The summed E-state index contributed by atoms with van der Waals surface area (Å²) in [5, 5.41) is 29.2. The second-order valence-electron chi connectivity index (χ2n) is 6.51. The van der Waals surface area contributed by atoms with Crippen molar-refractivity contribution in [3.63, 3.8) is 0 Å². The Morgan fingerprint density at radius 2 is 1.76 bits per heavy atom. The molecule has 1 saturated heterocycles. The normalized spacial score (nSPS) is 43.0. The van der Waals surface area contributed by atoms with E-state index >= 15 is 0 Å². The van der Waals surface area contributed by atoms with Crippen LogP contribution in [0.2, 0.25) is 0 Å². The van der Waals surface area contributed by atoms with Crippen LogP contribution in [-0.4, -0.2) is 63.8 Å². The van der Waals surface area contributed by atoms with Crippen LogP contribution in [0.3, 0.4) is 0 Å². The van der Waals surface area contributed by atoms with Crippen LogP contribution in [0.15, 0.2) is 0 Å². The topological polar surface area (TPSA) is 63.9 Å². The summed E-state index contributed by atoms with van der Waals surface area (Å²) in [5.74, 6) is -1.32. The molecule has 0 aromatic carbocycles. The van der Waals surface area contributed by atoms with Crippen LogP contribution in [0.1, 0.15) is 32.6 Å². The second kappa shape index (κ2) is 6.40. The number of alkyl halides is 3. The van der Waals surface area contributed by atoms with E-state index in [2.05, 4.69) is 0 Å². The first-order valence-electron chi connectivity index (χ1n) is 7.55. The number of nitrogens with zero attached hydrogens (tertiary/aromatic N) is 1. The third kappa shape index (κ3) is 3.88. The van der Waals surface area contributed by atoms with Crippen molar-refractivity contribution in [2.75, 3.05) is 13.1 Å². The molecule has 2 aliphatic rings. The van der Waals surface area contributed by atoms with Crippen molar-refractivity contribution in [2.45, 2.75) is 63.1 Å². The maximum atomic E-state index is 12.8. The van der Waals surface area contributed by atoms with E-state index in [0.29, 0.717) is 13.0 Å². The SMILES string of the molecule is C[C@@H]1[C@@H](O)[C@H](O)[C@@H](O)CN1C[C@H]1CCC[C@@H](C(F)(F)F)C1. The van der Waals surface area contributed by atoms with E-state index in [1.165, 1.54) is 0 Å². The molecule has 0 aromatic rings. The smallest absolute Gasteiger partial charge is 0.389 e. The monoisotopic (exact) mass is 311 g/mol. The molecule has 1 aliphatic carbocycles. The fourth-order valence-electron chi connectivity index (χ4n) is 3.57. The summed E-state index contributed by atoms with van der Waals surface area (Å²) in [5.41, 5.74) is 0. The molecule has 6 atom stereocenters. The van der Waals surface area contributed by atoms with E-state index in [9.17, 15) is 28.5 Å². The Morgan fingerprint density at radius 1 is 1.10 bits per heavy atom. The molecule has 1 aliphatic heterocycles. The van der Waals surface area contributed by atoms with Gasteiger partial charge in [0.25, 0.3) is 0 Å². The molecule has 2 fully saturated rings. The van der Waals surface area contributed by atoms with Gasteiger partial charge in [-0.1, -0.05) is 6.42 Å². The molecule has 21 heavy (non-hydrogen) atoms. The Morgan fingerprint density at radius 3 is 2.38 bits per heavy atom. The number of β-amino-alcohol motifs (C(OH)–C–C–N with tert-alkyl or cyclic N) is 1. The van der Waals surface area contributed by atoms with E-state index in [1.807, 2.05) is 0 Å². The number of aliphatic hydroxyl groups is 3. The van der Waals surface area contributed by atoms with Gasteiger partial charge in [0.2, 0.25) is 0 Å². The van der Waals surface area contributed by atoms with Gasteiger partial charge in [0.15, 0.2) is 0 Å². The van der Waals surface area contributed by atoms with E-state index in [0.717, 1.165) is 6.42 Å². The van der Waals surface area contributed by atoms with Crippen LogP contribution in [0, 0.1) is 11.8 Å². The number of hydrogen-bond donors (Lipinski definition) is 3. The molecule has 1 saturated carbocycles. The molecule has 7 heteroatoms. The molecule has 2 rings (SSSR count). The Labute approximate surface area is 122 Å². The highest BCUT2D eigenvalue weighted by Crippen LogP contribution is 2.40. The summed E-state index contributed by atoms with van der Waals surface area (Å²) in [4.78, 5) is 1.80. The maximum Gasteiger partial charge on any atom is 0.391 e. The highest BCUT2D eigenvalue weighted by molar-refractivity contribution is 4.93. The summed E-state index contributed by atoms with van der Waals surface area (Å²) in [6, 6.07) is -0.366. The molecule has 1 heterocycles. The highest BCUT2D eigenvalue weighted by Gasteiger charge is 2.44. The maximum absolute atomic E-state index is 12.8. The van der Waals surface area contributed by atoms with Gasteiger partial charge in [-0.25, -0.2) is 0 Å². The van der Waals surface area contributed by atoms with Gasteiger partial charge in [-0.15, -0.1) is 0 Å². The quantitative estimate of drug-likeness (QED) is 0.716. The minimum absolute atomic E-state index is 0.0810. The number of piperidine rings is 1. The summed E-state index contributed by atoms with van der Waals surface area (Å²) < 4.78 is 38.5. The highest BCUT2D eigenvalue weighted by atomic mass is 19.4. The number of likely N-dealkylation sites (tertiary alicyclic amines) is 1. The Balaban J connectivity index is 1.94. The number of rotatable bonds is 2. The first kappa shape index (κ1) is 17.0. The predicted molar refractivity (Wildman–Crippen MR) is 70.6 cm³/mol. The third-order valence-corrected chi connectivity index (χ3v) is 4.97. The van der Waals surface area contributed by atoms with Crippen molar-refractivity contribution in [2.24, 2.45) is 11.8 Å². The lowest BCUT2D eigenvalue weighted by atomic mass is 9.80. The lowest BCUT2D eigenvalue weighted by Gasteiger charge is -2.44. The van der Waals surface area contributed by atoms with Crippen molar-refractivity contribution >= 4 is 0 Å². The molecule has 0 spiro atoms. The average Bonchev–Trinajstić information content (AvgIpc) is 2.42. The average molecular weight is 311 g/mol. The lowest BCUT2D eigenvalue weighted by Crippen LogP contribution is -2.61. The summed E-state index contributed by atoms with van der Waals surface area (Å²) in [7, 11) is 0. The van der Waals surface area contributed by atoms with E-state index in [-0.39, 0.29) is 31.3 Å². The zero-order valence-corrected chi connectivity index (χ0v) is 12.1. The van der Waals surface area contributed by atoms with Gasteiger partial charge in [-0.05, 0) is 32.1 Å². The number of aliphatic hydroxyl groups excluding tert-OH is 3. The van der Waals surface area contributed by atoms with Crippen molar-refractivity contribution < 1.29 is 28.5 Å². The van der Waals surface area contributed by atoms with Gasteiger partial charge >= 0.3 is 6.18 Å². The van der Waals surface area contributed by atoms with Crippen LogP contribution in [-0.2, 0) is 0 Å². The molecular formula is C14H24F3NO3. The second-order valence-corrected chi connectivity index (χ2v) is 6.51. The predicted octanol–water partition coefficient (Wildman–Crippen LogP) is 1.14. The van der Waals surface area contributed by atoms with Gasteiger partial charge in [-0.3, -0.25) is 4.90 Å². The molecule has 124 valence electrons. The molecule has 0 bridgehead atoms. The van der Waals surface area contributed by atoms with Crippen LogP contribution >= 0.6 is 0 Å². The largest absolute Gasteiger partial charge is 0.391 e. The van der Waals surface area contributed by atoms with Gasteiger partial charge in [-0.2, -0.15) is 13.2 Å². The molecule has 0 unspecified atom stereocenters. The van der Waals surface area contributed by atoms with Gasteiger partial charge < -0.3 is 15.3 Å². The summed E-state index contributed by atoms with van der Waals surface area (Å²) in [6.45, 7) is 2.34. The molecule has 0 amide bonds. The Hall–Kier alpha value is -0.370. The van der Waals surface area contributed by atoms with Gasteiger partial charge in [0.1, 0.15) is 6.10 Å². The molecule has 0 aromatic heterocycles. The first-order valence-corrected chi connectivity index (χ1v) is 7.55. The first-order chi connectivity index (χ1) is 9.70. The van der Waals surface area contributed by atoms with E-state index in [4.69, 9.17) is 0 Å². The van der Waals surface area contributed by atoms with Crippen LogP contribution in [0.4, 0.5) is 13.2 Å². The van der Waals surface area contributed by atoms with Crippen LogP contribution < -0.4 is 0 Å². The fraction of sp³-hybridized carbons (Fsp3) is 1.00. The van der Waals surface area contributed by atoms with Crippen LogP contribution in [0.5, 0.6) is 0 Å². The van der Waals surface area contributed by atoms with Crippen molar-refractivity contribution in [3.8, 4) is 0 Å². The summed E-state index contributed by atoms with van der Waals surface area (Å²) >= 11 is 0. The third-order valence-electron chi connectivity index (χ3n) is 4.97. The number of halogens is 3.